The minimum atomic E-state index is -3.19. The second kappa shape index (κ2) is 8.22. The van der Waals surface area contributed by atoms with E-state index in [1.54, 1.807) is 18.2 Å². The molecule has 1 saturated heterocycles. The van der Waals surface area contributed by atoms with Crippen molar-refractivity contribution >= 4 is 44.5 Å². The molecule has 0 aliphatic carbocycles. The highest BCUT2D eigenvalue weighted by Crippen LogP contribution is 2.49. The van der Waals surface area contributed by atoms with Crippen molar-refractivity contribution in [3.63, 3.8) is 0 Å². The predicted molar refractivity (Wildman–Crippen MR) is 132 cm³/mol. The monoisotopic (exact) mass is 460 g/mol. The molecule has 0 radical (unpaired) electrons. The second-order valence-electron chi connectivity index (χ2n) is 8.87. The van der Waals surface area contributed by atoms with Gasteiger partial charge in [0.15, 0.2) is 0 Å². The first-order valence-corrected chi connectivity index (χ1v) is 13.1. The van der Waals surface area contributed by atoms with Gasteiger partial charge in [0.05, 0.1) is 16.6 Å². The quantitative estimate of drug-likeness (QED) is 0.621. The Hall–Kier alpha value is -1.90. The van der Waals surface area contributed by atoms with E-state index in [9.17, 15) is 8.42 Å². The van der Waals surface area contributed by atoms with Crippen LogP contribution in [0.4, 0.5) is 22.7 Å². The summed E-state index contributed by atoms with van der Waals surface area (Å²) in [7, 11) is 0.946. The molecule has 0 unspecified atom stereocenters. The number of sulfonamides is 1. The summed E-state index contributed by atoms with van der Waals surface area (Å²) >= 11 is 1.81. The molecule has 8 heteroatoms. The molecule has 2 aromatic rings. The lowest BCUT2D eigenvalue weighted by atomic mass is 10.1. The number of benzene rings is 2. The number of anilines is 4. The molecule has 0 bridgehead atoms. The number of nitrogens with zero attached hydrogens (tertiary/aromatic N) is 3. The molecule has 1 fully saturated rings. The zero-order valence-electron chi connectivity index (χ0n) is 19.2. The van der Waals surface area contributed by atoms with Crippen LogP contribution in [-0.2, 0) is 10.0 Å². The number of piperazine rings is 1. The van der Waals surface area contributed by atoms with Gasteiger partial charge in [0.2, 0.25) is 10.0 Å². The van der Waals surface area contributed by atoms with Gasteiger partial charge < -0.3 is 15.1 Å². The number of nitrogens with one attached hydrogen (secondary N) is 1. The van der Waals surface area contributed by atoms with Gasteiger partial charge in [-0.05, 0) is 63.1 Å². The highest BCUT2D eigenvalue weighted by molar-refractivity contribution is 7.99. The minimum Gasteiger partial charge on any atom is -0.378 e. The fourth-order valence-electron chi connectivity index (χ4n) is 4.14. The molecule has 0 aromatic heterocycles. The van der Waals surface area contributed by atoms with Crippen molar-refractivity contribution in [2.45, 2.75) is 42.7 Å². The third-order valence-corrected chi connectivity index (χ3v) is 9.47. The molecule has 2 aromatic carbocycles. The van der Waals surface area contributed by atoms with Gasteiger partial charge in [0.1, 0.15) is 0 Å². The first-order chi connectivity index (χ1) is 14.6. The van der Waals surface area contributed by atoms with Crippen LogP contribution in [0, 0.1) is 13.8 Å². The molecule has 0 atom stereocenters. The molecule has 6 nitrogen and oxygen atoms in total. The maximum Gasteiger partial charge on any atom is 0.216 e. The van der Waals surface area contributed by atoms with E-state index >= 15 is 0 Å². The molecular weight excluding hydrogens is 428 g/mol. The summed E-state index contributed by atoms with van der Waals surface area (Å²) in [6, 6.07) is 8.91. The van der Waals surface area contributed by atoms with Crippen LogP contribution < -0.4 is 15.1 Å². The molecule has 2 aliphatic heterocycles. The Morgan fingerprint density at radius 1 is 0.935 bits per heavy atom. The summed E-state index contributed by atoms with van der Waals surface area (Å²) < 4.78 is 26.6. The molecule has 0 amide bonds. The zero-order chi connectivity index (χ0) is 22.5. The van der Waals surface area contributed by atoms with Crippen LogP contribution in [0.2, 0.25) is 0 Å². The van der Waals surface area contributed by atoms with Crippen molar-refractivity contribution in [1.82, 2.24) is 4.31 Å². The van der Waals surface area contributed by atoms with E-state index in [0.717, 1.165) is 5.69 Å². The van der Waals surface area contributed by atoms with E-state index in [1.807, 2.05) is 11.8 Å². The number of fused-ring (bicyclic) bond motifs is 2. The average Bonchev–Trinajstić information content (AvgIpc) is 2.72. The van der Waals surface area contributed by atoms with Crippen molar-refractivity contribution in [1.29, 1.82) is 0 Å². The van der Waals surface area contributed by atoms with E-state index in [4.69, 9.17) is 0 Å². The Bertz CT molecular complexity index is 1110. The van der Waals surface area contributed by atoms with Crippen LogP contribution in [0.25, 0.3) is 0 Å². The summed E-state index contributed by atoms with van der Waals surface area (Å²) in [5, 5.41) is 3.30. The molecule has 0 saturated carbocycles. The molecule has 2 heterocycles. The fourth-order valence-corrected chi connectivity index (χ4v) is 6.63. The van der Waals surface area contributed by atoms with E-state index < -0.39 is 10.0 Å². The molecule has 168 valence electrons. The van der Waals surface area contributed by atoms with Crippen molar-refractivity contribution < 1.29 is 8.42 Å². The Balaban J connectivity index is 1.58. The Morgan fingerprint density at radius 2 is 1.52 bits per heavy atom. The molecular formula is C23H32N4O2S2. The summed E-state index contributed by atoms with van der Waals surface area (Å²) in [6.07, 6.45) is 0. The zero-order valence-corrected chi connectivity index (χ0v) is 20.8. The average molecular weight is 461 g/mol. The van der Waals surface area contributed by atoms with Crippen LogP contribution >= 0.6 is 11.8 Å². The van der Waals surface area contributed by atoms with E-state index in [0.29, 0.717) is 26.2 Å². The standard InChI is InChI=1S/C23H32N4O2S2/c1-15(2)31(28,29)27-9-7-26(8-10-27)19-12-17(4)23-21(14-19)30-20-13-18(25(5)6)11-16(3)22(20)24-23/h11-15,24H,7-10H2,1-6H3. The highest BCUT2D eigenvalue weighted by Gasteiger charge is 2.30. The summed E-state index contributed by atoms with van der Waals surface area (Å²) in [5.74, 6) is 0. The van der Waals surface area contributed by atoms with Crippen LogP contribution in [-0.4, -0.2) is 58.2 Å². The second-order valence-corrected chi connectivity index (χ2v) is 12.4. The van der Waals surface area contributed by atoms with E-state index in [2.05, 4.69) is 67.3 Å². The Morgan fingerprint density at radius 3 is 2.10 bits per heavy atom. The van der Waals surface area contributed by atoms with Crippen LogP contribution in [0.3, 0.4) is 0 Å². The lowest BCUT2D eigenvalue weighted by Gasteiger charge is -2.37. The lowest BCUT2D eigenvalue weighted by molar-refractivity contribution is 0.381. The largest absolute Gasteiger partial charge is 0.378 e. The van der Waals surface area contributed by atoms with Gasteiger partial charge in [-0.25, -0.2) is 8.42 Å². The van der Waals surface area contributed by atoms with Gasteiger partial charge in [-0.15, -0.1) is 0 Å². The Kier molecular flexibility index (Phi) is 5.91. The Labute approximate surface area is 190 Å². The van der Waals surface area contributed by atoms with Crippen LogP contribution in [0.1, 0.15) is 25.0 Å². The van der Waals surface area contributed by atoms with Gasteiger partial charge in [0.25, 0.3) is 0 Å². The van der Waals surface area contributed by atoms with Gasteiger partial charge in [-0.3, -0.25) is 0 Å². The molecule has 2 aliphatic rings. The van der Waals surface area contributed by atoms with Crippen molar-refractivity contribution in [2.75, 3.05) is 55.4 Å². The van der Waals surface area contributed by atoms with Gasteiger partial charge in [0, 0.05) is 61.4 Å². The first kappa shape index (κ1) is 22.3. The molecule has 31 heavy (non-hydrogen) atoms. The van der Waals surface area contributed by atoms with Crippen LogP contribution in [0.5, 0.6) is 0 Å². The summed E-state index contributed by atoms with van der Waals surface area (Å²) in [6.45, 7) is 10.3. The molecule has 1 N–H and O–H groups in total. The van der Waals surface area contributed by atoms with Gasteiger partial charge >= 0.3 is 0 Å². The molecule has 0 spiro atoms. The predicted octanol–water partition coefficient (Wildman–Crippen LogP) is 4.44. The lowest BCUT2D eigenvalue weighted by Crippen LogP contribution is -2.50. The maximum absolute atomic E-state index is 12.5. The van der Waals surface area contributed by atoms with Crippen molar-refractivity contribution in [3.05, 3.63) is 35.4 Å². The molecule has 4 rings (SSSR count). The number of rotatable bonds is 4. The number of hydrogen-bond acceptors (Lipinski definition) is 6. The highest BCUT2D eigenvalue weighted by atomic mass is 32.2. The third kappa shape index (κ3) is 4.13. The normalized spacial score (nSPS) is 16.7. The van der Waals surface area contributed by atoms with Crippen LogP contribution in [0.15, 0.2) is 34.1 Å². The van der Waals surface area contributed by atoms with Crippen molar-refractivity contribution in [3.8, 4) is 0 Å². The SMILES string of the molecule is Cc1cc(N(C)C)cc2c1Nc1c(C)cc(N3CCN(S(=O)(=O)C(C)C)CC3)cc1S2. The fraction of sp³-hybridized carbons (Fsp3) is 0.478. The van der Waals surface area contributed by atoms with E-state index in [1.165, 1.54) is 38.0 Å². The van der Waals surface area contributed by atoms with Gasteiger partial charge in [-0.2, -0.15) is 4.31 Å². The van der Waals surface area contributed by atoms with Gasteiger partial charge in [-0.1, -0.05) is 11.8 Å². The maximum atomic E-state index is 12.5. The summed E-state index contributed by atoms with van der Waals surface area (Å²) in [4.78, 5) is 6.89. The number of hydrogen-bond donors (Lipinski definition) is 1. The van der Waals surface area contributed by atoms with Crippen molar-refractivity contribution in [2.24, 2.45) is 0 Å². The summed E-state index contributed by atoms with van der Waals surface area (Å²) in [5.41, 5.74) is 7.17. The smallest absolute Gasteiger partial charge is 0.216 e. The first-order valence-electron chi connectivity index (χ1n) is 10.7. The number of aryl methyl sites for hydroxylation is 2. The third-order valence-electron chi connectivity index (χ3n) is 6.11. The minimum absolute atomic E-state index is 0.372. The van der Waals surface area contributed by atoms with E-state index in [-0.39, 0.29) is 5.25 Å². The topological polar surface area (TPSA) is 55.9 Å².